The molecule has 21 heavy (non-hydrogen) atoms. The molecule has 2 rings (SSSR count). The Morgan fingerprint density at radius 2 is 1.76 bits per heavy atom. The molecular formula is C18H23NO2. The number of nitrogens with two attached hydrogens (primary N) is 1. The number of methoxy groups -OCH3 is 2. The first-order chi connectivity index (χ1) is 10.0. The van der Waals surface area contributed by atoms with Gasteiger partial charge >= 0.3 is 0 Å². The van der Waals surface area contributed by atoms with Crippen molar-refractivity contribution >= 4 is 0 Å². The van der Waals surface area contributed by atoms with Crippen molar-refractivity contribution in [1.82, 2.24) is 0 Å². The van der Waals surface area contributed by atoms with E-state index in [1.165, 1.54) is 11.1 Å². The zero-order chi connectivity index (χ0) is 15.4. The minimum Gasteiger partial charge on any atom is -0.497 e. The number of hydrogen-bond acceptors (Lipinski definition) is 3. The van der Waals surface area contributed by atoms with E-state index in [-0.39, 0.29) is 6.04 Å². The van der Waals surface area contributed by atoms with Crippen molar-refractivity contribution in [2.45, 2.75) is 26.3 Å². The molecule has 2 N–H and O–H groups in total. The second kappa shape index (κ2) is 6.64. The first kappa shape index (κ1) is 15.4. The van der Waals surface area contributed by atoms with E-state index >= 15 is 0 Å². The molecule has 0 aliphatic carbocycles. The van der Waals surface area contributed by atoms with Crippen molar-refractivity contribution < 1.29 is 9.47 Å². The quantitative estimate of drug-likeness (QED) is 0.913. The summed E-state index contributed by atoms with van der Waals surface area (Å²) >= 11 is 0. The van der Waals surface area contributed by atoms with Gasteiger partial charge in [-0.05, 0) is 49.6 Å². The summed E-state index contributed by atoms with van der Waals surface area (Å²) < 4.78 is 10.9. The minimum atomic E-state index is 0.114. The lowest BCUT2D eigenvalue weighted by atomic mass is 9.93. The van der Waals surface area contributed by atoms with Gasteiger partial charge in [0.15, 0.2) is 0 Å². The number of ether oxygens (including phenoxy) is 2. The van der Waals surface area contributed by atoms with Gasteiger partial charge < -0.3 is 15.2 Å². The largest absolute Gasteiger partial charge is 0.497 e. The van der Waals surface area contributed by atoms with Gasteiger partial charge in [-0.25, -0.2) is 0 Å². The summed E-state index contributed by atoms with van der Waals surface area (Å²) in [7, 11) is 3.36. The van der Waals surface area contributed by atoms with Crippen LogP contribution in [0, 0.1) is 6.92 Å². The predicted octanol–water partition coefficient (Wildman–Crippen LogP) is 3.57. The van der Waals surface area contributed by atoms with Gasteiger partial charge in [-0.2, -0.15) is 0 Å². The van der Waals surface area contributed by atoms with Gasteiger partial charge in [-0.15, -0.1) is 0 Å². The lowest BCUT2D eigenvalue weighted by Gasteiger charge is -2.16. The summed E-state index contributed by atoms with van der Waals surface area (Å²) in [6.45, 7) is 4.11. The molecule has 2 aromatic rings. The smallest absolute Gasteiger partial charge is 0.126 e. The summed E-state index contributed by atoms with van der Waals surface area (Å²) in [6, 6.07) is 12.4. The number of rotatable bonds is 5. The van der Waals surface area contributed by atoms with Gasteiger partial charge in [-0.3, -0.25) is 0 Å². The maximum absolute atomic E-state index is 5.98. The molecule has 3 heteroatoms. The van der Waals surface area contributed by atoms with Crippen LogP contribution >= 0.6 is 0 Å². The van der Waals surface area contributed by atoms with Crippen molar-refractivity contribution in [3.63, 3.8) is 0 Å². The van der Waals surface area contributed by atoms with Crippen LogP contribution in [0.5, 0.6) is 11.5 Å². The Morgan fingerprint density at radius 1 is 1.00 bits per heavy atom. The molecule has 0 saturated carbocycles. The third kappa shape index (κ3) is 3.56. The Balaban J connectivity index is 2.61. The fourth-order valence-corrected chi connectivity index (χ4v) is 2.49. The van der Waals surface area contributed by atoms with E-state index < -0.39 is 0 Å². The Labute approximate surface area is 126 Å². The maximum atomic E-state index is 5.98. The van der Waals surface area contributed by atoms with Crippen LogP contribution in [-0.4, -0.2) is 20.3 Å². The summed E-state index contributed by atoms with van der Waals surface area (Å²) in [4.78, 5) is 0. The molecule has 0 aromatic heterocycles. The molecule has 1 unspecified atom stereocenters. The molecular weight excluding hydrogens is 262 g/mol. The van der Waals surface area contributed by atoms with E-state index in [0.717, 1.165) is 29.0 Å². The molecule has 0 heterocycles. The van der Waals surface area contributed by atoms with E-state index in [1.54, 1.807) is 14.2 Å². The Bertz CT molecular complexity index is 621. The van der Waals surface area contributed by atoms with Crippen LogP contribution in [-0.2, 0) is 6.42 Å². The highest BCUT2D eigenvalue weighted by Gasteiger charge is 2.13. The highest BCUT2D eigenvalue weighted by atomic mass is 16.5. The van der Waals surface area contributed by atoms with Gasteiger partial charge in [0.2, 0.25) is 0 Å². The van der Waals surface area contributed by atoms with E-state index in [1.807, 2.05) is 25.1 Å². The van der Waals surface area contributed by atoms with Crippen molar-refractivity contribution in [2.75, 3.05) is 14.2 Å². The first-order valence-corrected chi connectivity index (χ1v) is 7.12. The molecule has 3 nitrogen and oxygen atoms in total. The van der Waals surface area contributed by atoms with Crippen LogP contribution in [0.1, 0.15) is 18.1 Å². The SMILES string of the molecule is COc1ccc(OC)c(-c2cc(C)ccc2CC(C)N)c1. The molecule has 0 spiro atoms. The van der Waals surface area contributed by atoms with Crippen molar-refractivity contribution in [3.05, 3.63) is 47.5 Å². The van der Waals surface area contributed by atoms with Crippen molar-refractivity contribution in [2.24, 2.45) is 5.73 Å². The van der Waals surface area contributed by atoms with Gasteiger partial charge in [0.1, 0.15) is 11.5 Å². The molecule has 0 amide bonds. The van der Waals surface area contributed by atoms with Crippen LogP contribution in [0.3, 0.4) is 0 Å². The van der Waals surface area contributed by atoms with Gasteiger partial charge in [-0.1, -0.05) is 23.8 Å². The fourth-order valence-electron chi connectivity index (χ4n) is 2.49. The number of aryl methyl sites for hydroxylation is 1. The maximum Gasteiger partial charge on any atom is 0.126 e. The second-order valence-electron chi connectivity index (χ2n) is 5.41. The van der Waals surface area contributed by atoms with Crippen molar-refractivity contribution in [1.29, 1.82) is 0 Å². The van der Waals surface area contributed by atoms with E-state index in [2.05, 4.69) is 25.1 Å². The van der Waals surface area contributed by atoms with Crippen LogP contribution in [0.25, 0.3) is 11.1 Å². The summed E-state index contributed by atoms with van der Waals surface area (Å²) in [6.07, 6.45) is 0.829. The van der Waals surface area contributed by atoms with Gasteiger partial charge in [0.05, 0.1) is 14.2 Å². The second-order valence-corrected chi connectivity index (χ2v) is 5.41. The Morgan fingerprint density at radius 3 is 2.38 bits per heavy atom. The number of hydrogen-bond donors (Lipinski definition) is 1. The van der Waals surface area contributed by atoms with Gasteiger partial charge in [0, 0.05) is 11.6 Å². The fraction of sp³-hybridized carbons (Fsp3) is 0.333. The van der Waals surface area contributed by atoms with Crippen LogP contribution in [0.15, 0.2) is 36.4 Å². The molecule has 2 aromatic carbocycles. The average Bonchev–Trinajstić information content (AvgIpc) is 2.48. The average molecular weight is 285 g/mol. The molecule has 0 saturated heterocycles. The molecule has 1 atom stereocenters. The Hall–Kier alpha value is -2.00. The lowest BCUT2D eigenvalue weighted by molar-refractivity contribution is 0.404. The minimum absolute atomic E-state index is 0.114. The lowest BCUT2D eigenvalue weighted by Crippen LogP contribution is -2.18. The molecule has 0 aliphatic rings. The third-order valence-corrected chi connectivity index (χ3v) is 3.50. The van der Waals surface area contributed by atoms with E-state index in [0.29, 0.717) is 0 Å². The highest BCUT2D eigenvalue weighted by Crippen LogP contribution is 2.36. The molecule has 0 radical (unpaired) electrons. The van der Waals surface area contributed by atoms with E-state index in [9.17, 15) is 0 Å². The summed E-state index contributed by atoms with van der Waals surface area (Å²) in [5.74, 6) is 1.66. The normalized spacial score (nSPS) is 12.0. The predicted molar refractivity (Wildman–Crippen MR) is 87.1 cm³/mol. The standard InChI is InChI=1S/C18H23NO2/c1-12-5-6-14(10-13(2)19)16(9-12)17-11-15(20-3)7-8-18(17)21-4/h5-9,11,13H,10,19H2,1-4H3. The molecule has 0 bridgehead atoms. The molecule has 0 aliphatic heterocycles. The zero-order valence-electron chi connectivity index (χ0n) is 13.1. The highest BCUT2D eigenvalue weighted by molar-refractivity contribution is 5.75. The van der Waals surface area contributed by atoms with Crippen molar-refractivity contribution in [3.8, 4) is 22.6 Å². The topological polar surface area (TPSA) is 44.5 Å². The third-order valence-electron chi connectivity index (χ3n) is 3.50. The summed E-state index contributed by atoms with van der Waals surface area (Å²) in [5.41, 5.74) is 10.6. The molecule has 112 valence electrons. The van der Waals surface area contributed by atoms with Crippen LogP contribution < -0.4 is 15.2 Å². The molecule has 0 fully saturated rings. The van der Waals surface area contributed by atoms with Crippen LogP contribution in [0.4, 0.5) is 0 Å². The summed E-state index contributed by atoms with van der Waals surface area (Å²) in [5, 5.41) is 0. The van der Waals surface area contributed by atoms with Gasteiger partial charge in [0.25, 0.3) is 0 Å². The number of benzene rings is 2. The van der Waals surface area contributed by atoms with E-state index in [4.69, 9.17) is 15.2 Å². The zero-order valence-corrected chi connectivity index (χ0v) is 13.1. The van der Waals surface area contributed by atoms with Crippen LogP contribution in [0.2, 0.25) is 0 Å². The first-order valence-electron chi connectivity index (χ1n) is 7.12. The monoisotopic (exact) mass is 285 g/mol. The Kier molecular flexibility index (Phi) is 4.86.